The second-order valence-corrected chi connectivity index (χ2v) is 8.77. The molecular formula is C23H25ClN4O3. The lowest BCUT2D eigenvalue weighted by Crippen LogP contribution is -2.46. The van der Waals surface area contributed by atoms with Gasteiger partial charge in [-0.1, -0.05) is 30.7 Å². The van der Waals surface area contributed by atoms with Gasteiger partial charge in [0.1, 0.15) is 0 Å². The minimum absolute atomic E-state index is 0.0194. The molecule has 1 aromatic heterocycles. The third-order valence-electron chi connectivity index (χ3n) is 5.97. The second kappa shape index (κ2) is 8.67. The van der Waals surface area contributed by atoms with Crippen molar-refractivity contribution < 1.29 is 14.4 Å². The van der Waals surface area contributed by atoms with E-state index in [2.05, 4.69) is 28.6 Å². The van der Waals surface area contributed by atoms with Crippen molar-refractivity contribution in [2.24, 2.45) is 5.92 Å². The van der Waals surface area contributed by atoms with Crippen LogP contribution in [0.15, 0.2) is 30.5 Å². The molecule has 8 heteroatoms. The van der Waals surface area contributed by atoms with Crippen LogP contribution in [-0.4, -0.2) is 34.2 Å². The number of nitrogens with zero attached hydrogens (tertiary/aromatic N) is 2. The topological polar surface area (TPSA) is 91.4 Å². The van der Waals surface area contributed by atoms with Crippen molar-refractivity contribution in [2.75, 3.05) is 17.2 Å². The number of rotatable bonds is 2. The fraction of sp³-hybridized carbons (Fsp3) is 0.391. The van der Waals surface area contributed by atoms with E-state index in [-0.39, 0.29) is 11.9 Å². The fourth-order valence-corrected chi connectivity index (χ4v) is 4.39. The van der Waals surface area contributed by atoms with E-state index in [4.69, 9.17) is 11.6 Å². The molecule has 0 spiro atoms. The number of aromatic nitrogens is 1. The van der Waals surface area contributed by atoms with Gasteiger partial charge < -0.3 is 15.5 Å². The third kappa shape index (κ3) is 4.56. The standard InChI is InChI=1S/C23H25ClN4O3/c1-13-3-7-20(16-4-6-19-15(9-16)5-8-21(29)27-19)28(12-13)23(31)22(30)26-17-10-18(24)14(2)25-11-17/h4,6,9-11,13,20H,3,5,7-8,12H2,1-2H3,(H,26,30)(H,27,29)/t13-,20+/m1/s1. The van der Waals surface area contributed by atoms with Gasteiger partial charge in [0.15, 0.2) is 0 Å². The zero-order valence-corrected chi connectivity index (χ0v) is 18.3. The lowest BCUT2D eigenvalue weighted by molar-refractivity contribution is -0.146. The van der Waals surface area contributed by atoms with Gasteiger partial charge in [-0.2, -0.15) is 0 Å². The Kier molecular flexibility index (Phi) is 5.96. The number of nitrogens with one attached hydrogen (secondary N) is 2. The quantitative estimate of drug-likeness (QED) is 0.693. The Balaban J connectivity index is 1.55. The highest BCUT2D eigenvalue weighted by Gasteiger charge is 2.34. The molecular weight excluding hydrogens is 416 g/mol. The first-order valence-electron chi connectivity index (χ1n) is 10.5. The fourth-order valence-electron chi connectivity index (χ4n) is 4.22. The van der Waals surface area contributed by atoms with E-state index >= 15 is 0 Å². The van der Waals surface area contributed by atoms with Crippen molar-refractivity contribution in [1.29, 1.82) is 0 Å². The molecule has 2 aliphatic rings. The summed E-state index contributed by atoms with van der Waals surface area (Å²) < 4.78 is 0. The predicted molar refractivity (Wildman–Crippen MR) is 119 cm³/mol. The molecule has 1 fully saturated rings. The van der Waals surface area contributed by atoms with Crippen LogP contribution in [0.5, 0.6) is 0 Å². The number of pyridine rings is 1. The largest absolute Gasteiger partial charge is 0.327 e. The molecule has 7 nitrogen and oxygen atoms in total. The maximum absolute atomic E-state index is 13.1. The molecule has 4 rings (SSSR count). The van der Waals surface area contributed by atoms with Gasteiger partial charge in [0.05, 0.1) is 28.6 Å². The first-order chi connectivity index (χ1) is 14.8. The number of aryl methyl sites for hydroxylation is 2. The van der Waals surface area contributed by atoms with Crippen LogP contribution in [0.2, 0.25) is 5.02 Å². The van der Waals surface area contributed by atoms with Crippen molar-refractivity contribution in [1.82, 2.24) is 9.88 Å². The molecule has 2 N–H and O–H groups in total. The predicted octanol–water partition coefficient (Wildman–Crippen LogP) is 3.87. The lowest BCUT2D eigenvalue weighted by Gasteiger charge is -2.39. The second-order valence-electron chi connectivity index (χ2n) is 8.37. The van der Waals surface area contributed by atoms with Gasteiger partial charge >= 0.3 is 11.8 Å². The maximum Gasteiger partial charge on any atom is 0.313 e. The number of carbonyl (C=O) groups is 3. The molecule has 162 valence electrons. The van der Waals surface area contributed by atoms with Crippen LogP contribution in [0.1, 0.15) is 49.0 Å². The third-order valence-corrected chi connectivity index (χ3v) is 6.35. The first kappa shape index (κ1) is 21.3. The van der Waals surface area contributed by atoms with E-state index in [0.717, 1.165) is 29.7 Å². The number of carbonyl (C=O) groups excluding carboxylic acids is 3. The number of benzene rings is 1. The van der Waals surface area contributed by atoms with Gasteiger partial charge in [0.25, 0.3) is 0 Å². The van der Waals surface area contributed by atoms with Crippen LogP contribution in [0, 0.1) is 12.8 Å². The van der Waals surface area contributed by atoms with Crippen molar-refractivity contribution >= 4 is 40.7 Å². The summed E-state index contributed by atoms with van der Waals surface area (Å²) in [6.07, 6.45) is 4.37. The van der Waals surface area contributed by atoms with E-state index < -0.39 is 11.8 Å². The zero-order chi connectivity index (χ0) is 22.1. The number of hydrogen-bond acceptors (Lipinski definition) is 4. The van der Waals surface area contributed by atoms with Gasteiger partial charge in [-0.3, -0.25) is 19.4 Å². The number of amides is 3. The molecule has 0 aliphatic carbocycles. The van der Waals surface area contributed by atoms with E-state index in [1.807, 2.05) is 12.1 Å². The highest BCUT2D eigenvalue weighted by molar-refractivity contribution is 6.39. The Morgan fingerprint density at radius 3 is 2.81 bits per heavy atom. The summed E-state index contributed by atoms with van der Waals surface area (Å²) in [4.78, 5) is 43.3. The molecule has 0 saturated carbocycles. The Hall–Kier alpha value is -2.93. The average Bonchev–Trinajstić information content (AvgIpc) is 2.75. The van der Waals surface area contributed by atoms with Gasteiger partial charge in [0.2, 0.25) is 5.91 Å². The van der Waals surface area contributed by atoms with Crippen molar-refractivity contribution in [2.45, 2.75) is 45.6 Å². The van der Waals surface area contributed by atoms with Crippen LogP contribution in [0.3, 0.4) is 0 Å². The summed E-state index contributed by atoms with van der Waals surface area (Å²) in [6, 6.07) is 7.28. The molecule has 3 amide bonds. The van der Waals surface area contributed by atoms with Crippen LogP contribution in [-0.2, 0) is 20.8 Å². The molecule has 1 saturated heterocycles. The molecule has 31 heavy (non-hydrogen) atoms. The highest BCUT2D eigenvalue weighted by atomic mass is 35.5. The number of hydrogen-bond donors (Lipinski definition) is 2. The zero-order valence-electron chi connectivity index (χ0n) is 17.6. The molecule has 0 radical (unpaired) electrons. The molecule has 2 aromatic rings. The smallest absolute Gasteiger partial charge is 0.313 e. The summed E-state index contributed by atoms with van der Waals surface area (Å²) in [5, 5.41) is 5.94. The normalized spacial score (nSPS) is 20.6. The summed E-state index contributed by atoms with van der Waals surface area (Å²) in [6.45, 7) is 4.36. The lowest BCUT2D eigenvalue weighted by atomic mass is 9.88. The maximum atomic E-state index is 13.1. The Bertz CT molecular complexity index is 1060. The van der Waals surface area contributed by atoms with E-state index in [0.29, 0.717) is 41.7 Å². The Morgan fingerprint density at radius 2 is 2.03 bits per heavy atom. The SMILES string of the molecule is Cc1ncc(NC(=O)C(=O)N2C[C@H](C)CC[C@H]2c2ccc3c(c2)CCC(=O)N3)cc1Cl. The van der Waals surface area contributed by atoms with Crippen LogP contribution in [0.25, 0.3) is 0 Å². The molecule has 2 atom stereocenters. The van der Waals surface area contributed by atoms with Gasteiger partial charge in [-0.25, -0.2) is 0 Å². The van der Waals surface area contributed by atoms with E-state index in [9.17, 15) is 14.4 Å². The number of likely N-dealkylation sites (tertiary alicyclic amines) is 1. The summed E-state index contributed by atoms with van der Waals surface area (Å²) in [7, 11) is 0. The molecule has 3 heterocycles. The summed E-state index contributed by atoms with van der Waals surface area (Å²) in [5.41, 5.74) is 3.92. The van der Waals surface area contributed by atoms with Crippen molar-refractivity contribution in [3.05, 3.63) is 52.3 Å². The Labute approximate surface area is 186 Å². The monoisotopic (exact) mass is 440 g/mol. The number of halogens is 1. The average molecular weight is 441 g/mol. The van der Waals surface area contributed by atoms with Gasteiger partial charge in [-0.15, -0.1) is 0 Å². The molecule has 0 bridgehead atoms. The van der Waals surface area contributed by atoms with Crippen LogP contribution < -0.4 is 10.6 Å². The first-order valence-corrected chi connectivity index (χ1v) is 10.9. The number of fused-ring (bicyclic) bond motifs is 1. The minimum Gasteiger partial charge on any atom is -0.327 e. The van der Waals surface area contributed by atoms with Gasteiger partial charge in [-0.05, 0) is 55.4 Å². The summed E-state index contributed by atoms with van der Waals surface area (Å²) >= 11 is 6.08. The van der Waals surface area contributed by atoms with E-state index in [1.165, 1.54) is 6.20 Å². The van der Waals surface area contributed by atoms with Crippen LogP contribution >= 0.6 is 11.6 Å². The summed E-state index contributed by atoms with van der Waals surface area (Å²) in [5.74, 6) is -0.948. The minimum atomic E-state index is -0.703. The highest BCUT2D eigenvalue weighted by Crippen LogP contribution is 2.36. The van der Waals surface area contributed by atoms with Crippen molar-refractivity contribution in [3.63, 3.8) is 0 Å². The molecule has 2 aliphatic heterocycles. The van der Waals surface area contributed by atoms with E-state index in [1.54, 1.807) is 17.9 Å². The molecule has 0 unspecified atom stereocenters. The number of piperidine rings is 1. The Morgan fingerprint density at radius 1 is 1.23 bits per heavy atom. The van der Waals surface area contributed by atoms with Crippen LogP contribution in [0.4, 0.5) is 11.4 Å². The van der Waals surface area contributed by atoms with Crippen molar-refractivity contribution in [3.8, 4) is 0 Å². The molecule has 1 aromatic carbocycles. The number of anilines is 2. The van der Waals surface area contributed by atoms with Gasteiger partial charge in [0, 0.05) is 18.7 Å².